The number of benzene rings is 1. The first-order valence-corrected chi connectivity index (χ1v) is 12.1. The van der Waals surface area contributed by atoms with Crippen LogP contribution < -0.4 is 10.1 Å². The molecule has 1 aliphatic rings. The van der Waals surface area contributed by atoms with Gasteiger partial charge in [-0.25, -0.2) is 9.78 Å². The van der Waals surface area contributed by atoms with E-state index in [9.17, 15) is 14.9 Å². The highest BCUT2D eigenvalue weighted by Crippen LogP contribution is 2.37. The molecule has 1 aliphatic heterocycles. The molecule has 9 nitrogen and oxygen atoms in total. The van der Waals surface area contributed by atoms with Crippen molar-refractivity contribution >= 4 is 28.3 Å². The quantitative estimate of drug-likeness (QED) is 0.534. The second-order valence-corrected chi connectivity index (χ2v) is 9.51. The van der Waals surface area contributed by atoms with Gasteiger partial charge in [0.25, 0.3) is 0 Å². The lowest BCUT2D eigenvalue weighted by atomic mass is 10.0. The van der Waals surface area contributed by atoms with Gasteiger partial charge in [-0.3, -0.25) is 4.79 Å². The van der Waals surface area contributed by atoms with Gasteiger partial charge in [-0.05, 0) is 37.0 Å². The Morgan fingerprint density at radius 1 is 1.34 bits per heavy atom. The Morgan fingerprint density at radius 3 is 2.89 bits per heavy atom. The molecule has 0 aliphatic carbocycles. The largest absolute Gasteiger partial charge is 0.496 e. The van der Waals surface area contributed by atoms with Crippen molar-refractivity contribution in [2.75, 3.05) is 19.0 Å². The van der Waals surface area contributed by atoms with Crippen LogP contribution in [-0.2, 0) is 42.6 Å². The van der Waals surface area contributed by atoms with Crippen LogP contribution >= 0.6 is 11.3 Å². The first kappa shape index (κ1) is 24.3. The number of rotatable bonds is 7. The Morgan fingerprint density at radius 2 is 2.17 bits per heavy atom. The lowest BCUT2D eigenvalue weighted by Gasteiger charge is -2.26. The van der Waals surface area contributed by atoms with E-state index in [-0.39, 0.29) is 18.9 Å². The van der Waals surface area contributed by atoms with Crippen LogP contribution in [0.4, 0.5) is 9.80 Å². The van der Waals surface area contributed by atoms with Crippen molar-refractivity contribution in [2.45, 2.75) is 39.3 Å². The van der Waals surface area contributed by atoms with Gasteiger partial charge >= 0.3 is 6.09 Å². The summed E-state index contributed by atoms with van der Waals surface area (Å²) in [6, 6.07) is 8.11. The molecule has 3 aromatic rings. The molecule has 10 heteroatoms. The summed E-state index contributed by atoms with van der Waals surface area (Å²) in [5, 5.41) is 13.2. The van der Waals surface area contributed by atoms with Crippen molar-refractivity contribution in [3.63, 3.8) is 0 Å². The van der Waals surface area contributed by atoms with E-state index in [0.717, 1.165) is 33.0 Å². The summed E-state index contributed by atoms with van der Waals surface area (Å²) in [6.07, 6.45) is 4.22. The summed E-state index contributed by atoms with van der Waals surface area (Å²) >= 11 is 1.34. The minimum absolute atomic E-state index is 0.139. The van der Waals surface area contributed by atoms with E-state index in [1.165, 1.54) is 11.3 Å². The fraction of sp³-hybridized carbons (Fsp3) is 0.360. The van der Waals surface area contributed by atoms with Gasteiger partial charge in [-0.2, -0.15) is 5.26 Å². The second-order valence-electron chi connectivity index (χ2n) is 8.41. The Balaban J connectivity index is 1.38. The highest BCUT2D eigenvalue weighted by molar-refractivity contribution is 7.16. The van der Waals surface area contributed by atoms with E-state index in [0.29, 0.717) is 36.5 Å². The molecule has 0 saturated carbocycles. The van der Waals surface area contributed by atoms with Gasteiger partial charge in [0.15, 0.2) is 0 Å². The van der Waals surface area contributed by atoms with Crippen LogP contribution in [0.2, 0.25) is 0 Å². The zero-order chi connectivity index (χ0) is 24.9. The molecular formula is C25H27N5O4S. The van der Waals surface area contributed by atoms with E-state index >= 15 is 0 Å². The molecule has 0 unspecified atom stereocenters. The predicted octanol–water partition coefficient (Wildman–Crippen LogP) is 3.94. The maximum absolute atomic E-state index is 12.7. The number of nitrogens with zero attached hydrogens (tertiary/aromatic N) is 4. The first-order chi connectivity index (χ1) is 16.9. The number of anilines is 1. The molecule has 1 aromatic carbocycles. The maximum atomic E-state index is 12.7. The molecule has 0 spiro atoms. The van der Waals surface area contributed by atoms with Crippen LogP contribution in [-0.4, -0.2) is 40.1 Å². The minimum Gasteiger partial charge on any atom is -0.496 e. The molecule has 0 fully saturated rings. The number of aryl methyl sites for hydroxylation is 3. The number of nitriles is 1. The number of hydrogen-bond donors (Lipinski definition) is 1. The van der Waals surface area contributed by atoms with Crippen LogP contribution in [0.25, 0.3) is 0 Å². The molecule has 2 aromatic heterocycles. The number of aromatic nitrogens is 2. The highest BCUT2D eigenvalue weighted by Gasteiger charge is 2.28. The number of carbonyl (C=O) groups is 2. The smallest absolute Gasteiger partial charge is 0.410 e. The fourth-order valence-electron chi connectivity index (χ4n) is 4.06. The summed E-state index contributed by atoms with van der Waals surface area (Å²) < 4.78 is 12.6. The highest BCUT2D eigenvalue weighted by atomic mass is 32.1. The van der Waals surface area contributed by atoms with Gasteiger partial charge in [0.2, 0.25) is 5.91 Å². The van der Waals surface area contributed by atoms with Crippen LogP contribution in [0, 0.1) is 18.3 Å². The average molecular weight is 494 g/mol. The van der Waals surface area contributed by atoms with E-state index in [4.69, 9.17) is 9.47 Å². The number of imidazole rings is 1. The molecule has 4 rings (SSSR count). The molecule has 2 amide bonds. The second kappa shape index (κ2) is 10.6. The molecular weight excluding hydrogens is 466 g/mol. The molecule has 1 N–H and O–H groups in total. The molecule has 0 bridgehead atoms. The van der Waals surface area contributed by atoms with Crippen molar-refractivity contribution in [1.29, 1.82) is 5.26 Å². The third kappa shape index (κ3) is 5.46. The summed E-state index contributed by atoms with van der Waals surface area (Å²) in [5.41, 5.74) is 4.24. The zero-order valence-corrected chi connectivity index (χ0v) is 20.8. The average Bonchev–Trinajstić information content (AvgIpc) is 3.42. The van der Waals surface area contributed by atoms with Crippen molar-refractivity contribution in [3.05, 3.63) is 63.5 Å². The fourth-order valence-corrected chi connectivity index (χ4v) is 5.29. The molecule has 3 heterocycles. The summed E-state index contributed by atoms with van der Waals surface area (Å²) in [5.74, 6) is 0.583. The van der Waals surface area contributed by atoms with E-state index in [1.807, 2.05) is 32.2 Å². The van der Waals surface area contributed by atoms with E-state index in [1.54, 1.807) is 29.1 Å². The first-order valence-electron chi connectivity index (χ1n) is 11.2. The Hall–Kier alpha value is -3.84. The van der Waals surface area contributed by atoms with Crippen molar-refractivity contribution < 1.29 is 19.1 Å². The van der Waals surface area contributed by atoms with Crippen LogP contribution in [0.1, 0.15) is 39.2 Å². The summed E-state index contributed by atoms with van der Waals surface area (Å²) in [6.45, 7) is 2.92. The van der Waals surface area contributed by atoms with Gasteiger partial charge in [-0.15, -0.1) is 11.3 Å². The van der Waals surface area contributed by atoms with Crippen molar-refractivity contribution in [3.8, 4) is 11.8 Å². The van der Waals surface area contributed by atoms with Gasteiger partial charge < -0.3 is 24.3 Å². The lowest BCUT2D eigenvalue weighted by Crippen LogP contribution is -2.35. The van der Waals surface area contributed by atoms with Gasteiger partial charge in [-0.1, -0.05) is 17.7 Å². The number of ether oxygens (including phenoxy) is 2. The monoisotopic (exact) mass is 493 g/mol. The minimum atomic E-state index is -0.415. The third-order valence-corrected chi connectivity index (χ3v) is 7.13. The van der Waals surface area contributed by atoms with Crippen LogP contribution in [0.5, 0.6) is 5.75 Å². The van der Waals surface area contributed by atoms with E-state index < -0.39 is 6.09 Å². The Labute approximate surface area is 207 Å². The number of thiophene rings is 1. The number of carbonyl (C=O) groups excluding carboxylic acids is 2. The molecule has 0 radical (unpaired) electrons. The van der Waals surface area contributed by atoms with Crippen molar-refractivity contribution in [2.24, 2.45) is 7.05 Å². The standard InChI is InChI=1S/C25H27N5O4S/c1-16-4-6-21(33-3)17(10-16)5-7-23(31)28-24-20(11-26)19-8-9-30(13-22(19)35-24)25(32)34-14-18-12-27-15-29(18)2/h4,6,10,12,15H,5,7-9,13-14H2,1-3H3,(H,28,31). The number of amides is 2. The molecule has 0 saturated heterocycles. The number of hydrogen-bond acceptors (Lipinski definition) is 7. The Kier molecular flexibility index (Phi) is 7.36. The predicted molar refractivity (Wildman–Crippen MR) is 131 cm³/mol. The molecule has 35 heavy (non-hydrogen) atoms. The van der Waals surface area contributed by atoms with Crippen molar-refractivity contribution in [1.82, 2.24) is 14.5 Å². The Bertz CT molecular complexity index is 1290. The topological polar surface area (TPSA) is 109 Å². The van der Waals surface area contributed by atoms with Crippen LogP contribution in [0.3, 0.4) is 0 Å². The number of methoxy groups -OCH3 is 1. The van der Waals surface area contributed by atoms with Crippen LogP contribution in [0.15, 0.2) is 30.7 Å². The molecule has 182 valence electrons. The zero-order valence-electron chi connectivity index (χ0n) is 20.0. The van der Waals surface area contributed by atoms with Gasteiger partial charge in [0.1, 0.15) is 23.4 Å². The normalized spacial score (nSPS) is 12.6. The number of fused-ring (bicyclic) bond motifs is 1. The SMILES string of the molecule is COc1ccc(C)cc1CCC(=O)Nc1sc2c(c1C#N)CCN(C(=O)OCc1cncn1C)C2. The lowest BCUT2D eigenvalue weighted by molar-refractivity contribution is -0.116. The maximum Gasteiger partial charge on any atom is 0.410 e. The van der Waals surface area contributed by atoms with Gasteiger partial charge in [0.05, 0.1) is 37.4 Å². The number of nitrogens with one attached hydrogen (secondary N) is 1. The summed E-state index contributed by atoms with van der Waals surface area (Å²) in [7, 11) is 3.45. The third-order valence-electron chi connectivity index (χ3n) is 6.00. The summed E-state index contributed by atoms with van der Waals surface area (Å²) in [4.78, 5) is 31.8. The molecule has 0 atom stereocenters. The van der Waals surface area contributed by atoms with Gasteiger partial charge in [0, 0.05) is 24.9 Å². The van der Waals surface area contributed by atoms with E-state index in [2.05, 4.69) is 16.4 Å².